The Morgan fingerprint density at radius 2 is 2.17 bits per heavy atom. The fourth-order valence-electron chi connectivity index (χ4n) is 1.54. The molecule has 1 aromatic carbocycles. The molecule has 1 aromatic heterocycles. The number of carbonyl (C=O) groups excluding carboxylic acids is 1. The lowest BCUT2D eigenvalue weighted by atomic mass is 10.2. The number of fused-ring (bicyclic) bond motifs is 1. The lowest BCUT2D eigenvalue weighted by Gasteiger charge is -2.04. The summed E-state index contributed by atoms with van der Waals surface area (Å²) in [7, 11) is 0. The zero-order chi connectivity index (χ0) is 13.0. The third-order valence-corrected chi connectivity index (χ3v) is 3.29. The predicted octanol–water partition coefficient (Wildman–Crippen LogP) is 2.45. The number of hydrogen-bond donors (Lipinski definition) is 0. The first-order valence-corrected chi connectivity index (χ1v) is 6.50. The third kappa shape index (κ3) is 2.92. The van der Waals surface area contributed by atoms with Gasteiger partial charge in [0.2, 0.25) is 0 Å². The molecule has 0 aliphatic rings. The van der Waals surface area contributed by atoms with Crippen molar-refractivity contribution < 1.29 is 13.9 Å². The Bertz CT molecular complexity index is 618. The van der Waals surface area contributed by atoms with Gasteiger partial charge in [-0.1, -0.05) is 18.2 Å². The van der Waals surface area contributed by atoms with Gasteiger partial charge in [-0.05, 0) is 13.0 Å². The number of rotatable bonds is 4. The molecule has 0 fully saturated rings. The van der Waals surface area contributed by atoms with Gasteiger partial charge >= 0.3 is 11.6 Å². The van der Waals surface area contributed by atoms with E-state index in [1.807, 2.05) is 12.1 Å². The van der Waals surface area contributed by atoms with Crippen molar-refractivity contribution in [3.63, 3.8) is 0 Å². The van der Waals surface area contributed by atoms with Crippen LogP contribution in [0.1, 0.15) is 6.92 Å². The van der Waals surface area contributed by atoms with Crippen molar-refractivity contribution in [2.75, 3.05) is 12.4 Å². The highest BCUT2D eigenvalue weighted by molar-refractivity contribution is 8.00. The van der Waals surface area contributed by atoms with Gasteiger partial charge in [0.25, 0.3) is 0 Å². The van der Waals surface area contributed by atoms with E-state index in [0.717, 1.165) is 10.3 Å². The molecule has 0 amide bonds. The maximum atomic E-state index is 11.4. The molecule has 2 aromatic rings. The number of benzene rings is 1. The van der Waals surface area contributed by atoms with Crippen LogP contribution in [0, 0.1) is 0 Å². The van der Waals surface area contributed by atoms with Gasteiger partial charge in [0.15, 0.2) is 0 Å². The van der Waals surface area contributed by atoms with E-state index in [-0.39, 0.29) is 11.7 Å². The third-order valence-electron chi connectivity index (χ3n) is 2.26. The fourth-order valence-corrected chi connectivity index (χ4v) is 2.40. The molecule has 2 rings (SSSR count). The maximum absolute atomic E-state index is 11.4. The number of hydrogen-bond acceptors (Lipinski definition) is 5. The molecule has 0 radical (unpaired) electrons. The molecular formula is C13H12O4S. The Morgan fingerprint density at radius 1 is 1.39 bits per heavy atom. The van der Waals surface area contributed by atoms with Gasteiger partial charge in [-0.2, -0.15) is 0 Å². The van der Waals surface area contributed by atoms with Crippen molar-refractivity contribution in [2.24, 2.45) is 0 Å². The van der Waals surface area contributed by atoms with Crippen molar-refractivity contribution in [1.82, 2.24) is 0 Å². The zero-order valence-corrected chi connectivity index (χ0v) is 10.7. The smallest absolute Gasteiger partial charge is 0.337 e. The molecule has 4 nitrogen and oxygen atoms in total. The van der Waals surface area contributed by atoms with Crippen molar-refractivity contribution in [3.8, 4) is 0 Å². The Labute approximate surface area is 108 Å². The van der Waals surface area contributed by atoms with Crippen LogP contribution in [0.15, 0.2) is 44.4 Å². The van der Waals surface area contributed by atoms with Gasteiger partial charge in [-0.3, -0.25) is 4.79 Å². The van der Waals surface area contributed by atoms with Gasteiger partial charge < -0.3 is 9.15 Å². The Hall–Kier alpha value is -1.75. The normalized spacial score (nSPS) is 10.5. The first kappa shape index (κ1) is 12.7. The molecule has 94 valence electrons. The first-order chi connectivity index (χ1) is 8.70. The fraction of sp³-hybridized carbons (Fsp3) is 0.231. The van der Waals surface area contributed by atoms with Gasteiger partial charge in [-0.25, -0.2) is 4.79 Å². The van der Waals surface area contributed by atoms with E-state index >= 15 is 0 Å². The molecule has 0 saturated heterocycles. The SMILES string of the molecule is CCOC(=O)CSc1cc(=O)oc2ccccc12. The summed E-state index contributed by atoms with van der Waals surface area (Å²) >= 11 is 1.28. The second-order valence-corrected chi connectivity index (χ2v) is 4.54. The van der Waals surface area contributed by atoms with Gasteiger partial charge in [-0.15, -0.1) is 11.8 Å². The second kappa shape index (κ2) is 5.73. The number of carbonyl (C=O) groups is 1. The molecule has 0 aliphatic carbocycles. The van der Waals surface area contributed by atoms with Crippen molar-refractivity contribution in [3.05, 3.63) is 40.8 Å². The zero-order valence-electron chi connectivity index (χ0n) is 9.84. The van der Waals surface area contributed by atoms with E-state index in [2.05, 4.69) is 0 Å². The molecule has 0 N–H and O–H groups in total. The standard InChI is InChI=1S/C13H12O4S/c1-2-16-13(15)8-18-11-7-12(14)17-10-6-4-3-5-9(10)11/h3-7H,2,8H2,1H3. The summed E-state index contributed by atoms with van der Waals surface area (Å²) in [5.41, 5.74) is 0.108. The monoisotopic (exact) mass is 264 g/mol. The summed E-state index contributed by atoms with van der Waals surface area (Å²) in [6.07, 6.45) is 0. The van der Waals surface area contributed by atoms with E-state index in [0.29, 0.717) is 12.2 Å². The van der Waals surface area contributed by atoms with Crippen LogP contribution in [0.4, 0.5) is 0 Å². The molecule has 0 bridgehead atoms. The highest BCUT2D eigenvalue weighted by atomic mass is 32.2. The van der Waals surface area contributed by atoms with Crippen LogP contribution in [0.5, 0.6) is 0 Å². The average Bonchev–Trinajstić information content (AvgIpc) is 2.36. The van der Waals surface area contributed by atoms with Crippen LogP contribution in [0.3, 0.4) is 0 Å². The largest absolute Gasteiger partial charge is 0.465 e. The maximum Gasteiger partial charge on any atom is 0.337 e. The van der Waals surface area contributed by atoms with Crippen LogP contribution < -0.4 is 5.63 Å². The van der Waals surface area contributed by atoms with Crippen molar-refractivity contribution >= 4 is 28.7 Å². The first-order valence-electron chi connectivity index (χ1n) is 5.52. The Morgan fingerprint density at radius 3 is 2.94 bits per heavy atom. The van der Waals surface area contributed by atoms with E-state index in [1.54, 1.807) is 19.1 Å². The highest BCUT2D eigenvalue weighted by Gasteiger charge is 2.08. The van der Waals surface area contributed by atoms with E-state index in [9.17, 15) is 9.59 Å². The van der Waals surface area contributed by atoms with Gasteiger partial charge in [0.05, 0.1) is 12.4 Å². The Balaban J connectivity index is 2.27. The second-order valence-electron chi connectivity index (χ2n) is 3.52. The molecule has 0 spiro atoms. The lowest BCUT2D eigenvalue weighted by molar-refractivity contribution is -0.139. The minimum atomic E-state index is -0.417. The summed E-state index contributed by atoms with van der Waals surface area (Å²) < 4.78 is 9.92. The minimum absolute atomic E-state index is 0.182. The minimum Gasteiger partial charge on any atom is -0.465 e. The van der Waals surface area contributed by atoms with Crippen LogP contribution >= 0.6 is 11.8 Å². The van der Waals surface area contributed by atoms with Gasteiger partial charge in [0, 0.05) is 16.3 Å². The van der Waals surface area contributed by atoms with Crippen LogP contribution in [0.2, 0.25) is 0 Å². The van der Waals surface area contributed by atoms with Crippen molar-refractivity contribution in [1.29, 1.82) is 0 Å². The van der Waals surface area contributed by atoms with E-state index < -0.39 is 5.63 Å². The molecule has 1 heterocycles. The summed E-state index contributed by atoms with van der Waals surface area (Å²) in [4.78, 5) is 23.4. The number of para-hydroxylation sites is 1. The number of thioether (sulfide) groups is 1. The molecule has 5 heteroatoms. The van der Waals surface area contributed by atoms with Crippen LogP contribution in [-0.4, -0.2) is 18.3 Å². The van der Waals surface area contributed by atoms with Crippen LogP contribution in [-0.2, 0) is 9.53 Å². The summed E-state index contributed by atoms with van der Waals surface area (Å²) in [5.74, 6) is -0.110. The summed E-state index contributed by atoms with van der Waals surface area (Å²) in [5, 5.41) is 0.825. The lowest BCUT2D eigenvalue weighted by Crippen LogP contribution is -2.07. The molecule has 0 unspecified atom stereocenters. The van der Waals surface area contributed by atoms with Gasteiger partial charge in [0.1, 0.15) is 5.58 Å². The molecular weight excluding hydrogens is 252 g/mol. The summed E-state index contributed by atoms with van der Waals surface area (Å²) in [6, 6.07) is 8.63. The molecule has 0 atom stereocenters. The molecule has 0 saturated carbocycles. The number of esters is 1. The Kier molecular flexibility index (Phi) is 4.04. The van der Waals surface area contributed by atoms with Crippen molar-refractivity contribution in [2.45, 2.75) is 11.8 Å². The molecule has 18 heavy (non-hydrogen) atoms. The topological polar surface area (TPSA) is 56.5 Å². The predicted molar refractivity (Wildman–Crippen MR) is 69.8 cm³/mol. The average molecular weight is 264 g/mol. The summed E-state index contributed by atoms with van der Waals surface area (Å²) in [6.45, 7) is 2.12. The molecule has 0 aliphatic heterocycles. The van der Waals surface area contributed by atoms with Crippen LogP contribution in [0.25, 0.3) is 11.0 Å². The quantitative estimate of drug-likeness (QED) is 0.482. The van der Waals surface area contributed by atoms with E-state index in [1.165, 1.54) is 17.8 Å². The highest BCUT2D eigenvalue weighted by Crippen LogP contribution is 2.26. The number of ether oxygens (including phenoxy) is 1. The van der Waals surface area contributed by atoms with E-state index in [4.69, 9.17) is 9.15 Å².